The molecular formula is C14H14N4O. The topological polar surface area (TPSA) is 66.0 Å². The zero-order chi connectivity index (χ0) is 13.4. The van der Waals surface area contributed by atoms with Crippen LogP contribution in [0.3, 0.4) is 0 Å². The number of hydrogen-bond acceptors (Lipinski definition) is 4. The Balaban J connectivity index is 2.28. The molecule has 3 aromatic rings. The van der Waals surface area contributed by atoms with E-state index in [0.717, 1.165) is 28.3 Å². The molecule has 2 aromatic heterocycles. The van der Waals surface area contributed by atoms with Gasteiger partial charge in [-0.15, -0.1) is 0 Å². The van der Waals surface area contributed by atoms with Crippen molar-refractivity contribution in [2.75, 3.05) is 12.8 Å². The molecule has 3 rings (SSSR count). The molecule has 0 atom stereocenters. The van der Waals surface area contributed by atoms with E-state index < -0.39 is 0 Å². The molecule has 0 aliphatic rings. The number of pyridine rings is 1. The number of methoxy groups -OCH3 is 1. The van der Waals surface area contributed by atoms with E-state index in [1.165, 1.54) is 0 Å². The van der Waals surface area contributed by atoms with Crippen molar-refractivity contribution in [1.82, 2.24) is 14.5 Å². The maximum atomic E-state index is 6.00. The van der Waals surface area contributed by atoms with Crippen molar-refractivity contribution in [1.29, 1.82) is 0 Å². The Hall–Kier alpha value is -2.56. The summed E-state index contributed by atoms with van der Waals surface area (Å²) in [4.78, 5) is 8.83. The average Bonchev–Trinajstić information content (AvgIpc) is 2.74. The van der Waals surface area contributed by atoms with E-state index in [0.29, 0.717) is 5.95 Å². The summed E-state index contributed by atoms with van der Waals surface area (Å²) in [6.07, 6.45) is 0. The summed E-state index contributed by atoms with van der Waals surface area (Å²) in [5.74, 6) is 1.19. The summed E-state index contributed by atoms with van der Waals surface area (Å²) in [6, 6.07) is 11.5. The third-order valence-electron chi connectivity index (χ3n) is 2.98. The predicted molar refractivity (Wildman–Crippen MR) is 74.6 cm³/mol. The maximum absolute atomic E-state index is 6.00. The number of rotatable bonds is 2. The Labute approximate surface area is 110 Å². The molecule has 0 bridgehead atoms. The fraction of sp³-hybridized carbons (Fsp3) is 0.143. The lowest BCUT2D eigenvalue weighted by Gasteiger charge is -2.07. The van der Waals surface area contributed by atoms with Gasteiger partial charge in [0, 0.05) is 11.8 Å². The Kier molecular flexibility index (Phi) is 2.59. The minimum absolute atomic E-state index is 0.418. The number of nitrogens with zero attached hydrogens (tertiary/aromatic N) is 3. The van der Waals surface area contributed by atoms with Gasteiger partial charge in [-0.3, -0.25) is 4.57 Å². The van der Waals surface area contributed by atoms with Crippen LogP contribution in [0.1, 0.15) is 5.69 Å². The number of aryl methyl sites for hydroxylation is 1. The van der Waals surface area contributed by atoms with Crippen molar-refractivity contribution < 1.29 is 4.74 Å². The number of imidazole rings is 1. The largest absolute Gasteiger partial charge is 0.497 e. The molecule has 1 aromatic carbocycles. The van der Waals surface area contributed by atoms with Crippen LogP contribution in [0.4, 0.5) is 5.95 Å². The molecule has 2 heterocycles. The zero-order valence-electron chi connectivity index (χ0n) is 10.8. The van der Waals surface area contributed by atoms with Crippen molar-refractivity contribution >= 4 is 17.1 Å². The van der Waals surface area contributed by atoms with Crippen molar-refractivity contribution in [2.24, 2.45) is 0 Å². The van der Waals surface area contributed by atoms with Gasteiger partial charge >= 0.3 is 0 Å². The van der Waals surface area contributed by atoms with Gasteiger partial charge in [-0.25, -0.2) is 9.97 Å². The molecule has 5 heteroatoms. The normalized spacial score (nSPS) is 10.8. The van der Waals surface area contributed by atoms with Crippen LogP contribution in [0.2, 0.25) is 0 Å². The van der Waals surface area contributed by atoms with Crippen LogP contribution in [0.15, 0.2) is 36.4 Å². The molecule has 0 fully saturated rings. The highest BCUT2D eigenvalue weighted by molar-refractivity contribution is 5.77. The molecule has 5 nitrogen and oxygen atoms in total. The van der Waals surface area contributed by atoms with E-state index in [1.54, 1.807) is 7.11 Å². The number of nitrogens with two attached hydrogens (primary N) is 1. The van der Waals surface area contributed by atoms with E-state index in [1.807, 2.05) is 47.9 Å². The van der Waals surface area contributed by atoms with Gasteiger partial charge in [0.15, 0.2) is 5.65 Å². The molecule has 0 aliphatic heterocycles. The fourth-order valence-electron chi connectivity index (χ4n) is 2.07. The molecule has 0 radical (unpaired) electrons. The van der Waals surface area contributed by atoms with Gasteiger partial charge in [0.05, 0.1) is 12.8 Å². The number of anilines is 1. The summed E-state index contributed by atoms with van der Waals surface area (Å²) in [5.41, 5.74) is 9.35. The number of aromatic nitrogens is 3. The van der Waals surface area contributed by atoms with Crippen molar-refractivity contribution in [3.63, 3.8) is 0 Å². The molecule has 0 spiro atoms. The molecule has 0 amide bonds. The van der Waals surface area contributed by atoms with Crippen LogP contribution in [-0.4, -0.2) is 21.6 Å². The van der Waals surface area contributed by atoms with Gasteiger partial charge < -0.3 is 10.5 Å². The van der Waals surface area contributed by atoms with E-state index in [9.17, 15) is 0 Å². The first-order chi connectivity index (χ1) is 9.19. The van der Waals surface area contributed by atoms with Gasteiger partial charge in [0.1, 0.15) is 11.3 Å². The second kappa shape index (κ2) is 4.28. The third-order valence-corrected chi connectivity index (χ3v) is 2.98. The van der Waals surface area contributed by atoms with Crippen molar-refractivity contribution in [2.45, 2.75) is 6.92 Å². The lowest BCUT2D eigenvalue weighted by atomic mass is 10.3. The number of benzene rings is 1. The maximum Gasteiger partial charge on any atom is 0.207 e. The van der Waals surface area contributed by atoms with Gasteiger partial charge in [0.2, 0.25) is 5.95 Å². The Bertz CT molecular complexity index is 748. The third kappa shape index (κ3) is 1.89. The molecule has 19 heavy (non-hydrogen) atoms. The number of ether oxygens (including phenoxy) is 1. The highest BCUT2D eigenvalue weighted by Gasteiger charge is 2.11. The predicted octanol–water partition coefficient (Wildman–Crippen LogP) is 2.32. The number of fused-ring (bicyclic) bond motifs is 1. The minimum atomic E-state index is 0.418. The number of hydrogen-bond donors (Lipinski definition) is 1. The lowest BCUT2D eigenvalue weighted by molar-refractivity contribution is 0.414. The average molecular weight is 254 g/mol. The van der Waals surface area contributed by atoms with Crippen molar-refractivity contribution in [3.8, 4) is 11.4 Å². The second-order valence-electron chi connectivity index (χ2n) is 4.30. The molecule has 0 saturated heterocycles. The van der Waals surface area contributed by atoms with Crippen LogP contribution in [0, 0.1) is 6.92 Å². The first kappa shape index (κ1) is 11.5. The van der Waals surface area contributed by atoms with Crippen LogP contribution >= 0.6 is 0 Å². The van der Waals surface area contributed by atoms with E-state index >= 15 is 0 Å². The quantitative estimate of drug-likeness (QED) is 0.762. The molecule has 0 aliphatic carbocycles. The summed E-state index contributed by atoms with van der Waals surface area (Å²) < 4.78 is 7.06. The highest BCUT2D eigenvalue weighted by Crippen LogP contribution is 2.24. The van der Waals surface area contributed by atoms with Crippen LogP contribution < -0.4 is 10.5 Å². The van der Waals surface area contributed by atoms with Crippen molar-refractivity contribution in [3.05, 3.63) is 42.1 Å². The van der Waals surface area contributed by atoms with Gasteiger partial charge in [-0.2, -0.15) is 0 Å². The minimum Gasteiger partial charge on any atom is -0.497 e. The molecule has 2 N–H and O–H groups in total. The van der Waals surface area contributed by atoms with Crippen LogP contribution in [0.5, 0.6) is 5.75 Å². The van der Waals surface area contributed by atoms with E-state index in [-0.39, 0.29) is 0 Å². The number of nitrogen functional groups attached to an aromatic ring is 1. The Morgan fingerprint density at radius 1 is 1.16 bits per heavy atom. The van der Waals surface area contributed by atoms with Gasteiger partial charge in [-0.1, -0.05) is 6.07 Å². The first-order valence-electron chi connectivity index (χ1n) is 5.95. The molecule has 96 valence electrons. The molecule has 0 saturated carbocycles. The monoisotopic (exact) mass is 254 g/mol. The fourth-order valence-corrected chi connectivity index (χ4v) is 2.07. The summed E-state index contributed by atoms with van der Waals surface area (Å²) >= 11 is 0. The second-order valence-corrected chi connectivity index (χ2v) is 4.30. The Morgan fingerprint density at radius 2 is 2.00 bits per heavy atom. The summed E-state index contributed by atoms with van der Waals surface area (Å²) in [7, 11) is 1.64. The van der Waals surface area contributed by atoms with E-state index in [4.69, 9.17) is 10.5 Å². The van der Waals surface area contributed by atoms with Crippen LogP contribution in [0.25, 0.3) is 16.9 Å². The van der Waals surface area contributed by atoms with Gasteiger partial charge in [0.25, 0.3) is 0 Å². The van der Waals surface area contributed by atoms with E-state index in [2.05, 4.69) is 9.97 Å². The highest BCUT2D eigenvalue weighted by atomic mass is 16.5. The SMILES string of the molecule is COc1cccc(-n2c(N)nc3ccc(C)nc32)c1. The van der Waals surface area contributed by atoms with Crippen LogP contribution in [-0.2, 0) is 0 Å². The first-order valence-corrected chi connectivity index (χ1v) is 5.95. The Morgan fingerprint density at radius 3 is 2.79 bits per heavy atom. The van der Waals surface area contributed by atoms with Gasteiger partial charge in [-0.05, 0) is 31.2 Å². The molecule has 0 unspecified atom stereocenters. The smallest absolute Gasteiger partial charge is 0.207 e. The molecular weight excluding hydrogens is 240 g/mol. The summed E-state index contributed by atoms with van der Waals surface area (Å²) in [6.45, 7) is 1.94. The zero-order valence-corrected chi connectivity index (χ0v) is 10.8. The lowest BCUT2D eigenvalue weighted by Crippen LogP contribution is -2.02. The summed E-state index contributed by atoms with van der Waals surface area (Å²) in [5, 5.41) is 0. The standard InChI is InChI=1S/C14H14N4O/c1-9-6-7-12-13(16-9)18(14(15)17-12)10-4-3-5-11(8-10)19-2/h3-8H,1-2H3,(H2,15,17).